The summed E-state index contributed by atoms with van der Waals surface area (Å²) in [6.45, 7) is 3.02. The van der Waals surface area contributed by atoms with Crippen molar-refractivity contribution in [3.63, 3.8) is 0 Å². The highest BCUT2D eigenvalue weighted by Gasteiger charge is 2.29. The summed E-state index contributed by atoms with van der Waals surface area (Å²) in [5.74, 6) is 1.04. The second-order valence-corrected chi connectivity index (χ2v) is 7.87. The van der Waals surface area contributed by atoms with Gasteiger partial charge in [0.05, 0.1) is 18.8 Å². The molecule has 2 aliphatic rings. The van der Waals surface area contributed by atoms with Gasteiger partial charge in [0.1, 0.15) is 5.75 Å². The smallest absolute Gasteiger partial charge is 0.160 e. The first-order chi connectivity index (χ1) is 13.7. The van der Waals surface area contributed by atoms with E-state index in [4.69, 9.17) is 14.2 Å². The van der Waals surface area contributed by atoms with E-state index in [1.807, 2.05) is 0 Å². The van der Waals surface area contributed by atoms with Crippen molar-refractivity contribution in [2.45, 2.75) is 63.9 Å². The maximum Gasteiger partial charge on any atom is 0.160 e. The van der Waals surface area contributed by atoms with Gasteiger partial charge in [-0.25, -0.2) is 0 Å². The Morgan fingerprint density at radius 1 is 1.11 bits per heavy atom. The Hall–Kier alpha value is -1.88. The van der Waals surface area contributed by atoms with Crippen LogP contribution in [0.2, 0.25) is 0 Å². The summed E-state index contributed by atoms with van der Waals surface area (Å²) < 4.78 is 17.1. The Morgan fingerprint density at radius 2 is 2.00 bits per heavy atom. The molecule has 0 saturated carbocycles. The number of aliphatic hydroxyl groups is 1. The molecule has 4 nitrogen and oxygen atoms in total. The Bertz CT molecular complexity index is 816. The molecule has 2 heterocycles. The molecule has 4 heteroatoms. The second-order valence-electron chi connectivity index (χ2n) is 7.87. The number of benzene rings is 2. The Kier molecular flexibility index (Phi) is 6.00. The number of ether oxygens (including phenoxy) is 3. The minimum absolute atomic E-state index is 0.129. The zero-order valence-corrected chi connectivity index (χ0v) is 16.8. The number of hydrogen-bond donors (Lipinski definition) is 1. The number of aryl methyl sites for hydroxylation is 2. The molecule has 3 unspecified atom stereocenters. The maximum absolute atomic E-state index is 10.2. The summed E-state index contributed by atoms with van der Waals surface area (Å²) in [6.07, 6.45) is 4.36. The Labute approximate surface area is 167 Å². The molecule has 3 atom stereocenters. The molecule has 4 rings (SSSR count). The van der Waals surface area contributed by atoms with Gasteiger partial charge in [0.15, 0.2) is 6.29 Å². The monoisotopic (exact) mass is 382 g/mol. The van der Waals surface area contributed by atoms with Crippen LogP contribution in [-0.2, 0) is 28.7 Å². The van der Waals surface area contributed by atoms with E-state index in [9.17, 15) is 5.11 Å². The lowest BCUT2D eigenvalue weighted by molar-refractivity contribution is -0.205. The third kappa shape index (κ3) is 4.24. The first-order valence-electron chi connectivity index (χ1n) is 10.4. The van der Waals surface area contributed by atoms with E-state index in [0.29, 0.717) is 12.8 Å². The largest absolute Gasteiger partial charge is 0.493 e. The molecule has 1 N–H and O–H groups in total. The highest BCUT2D eigenvalue weighted by Crippen LogP contribution is 2.34. The van der Waals surface area contributed by atoms with E-state index in [1.54, 1.807) is 7.11 Å². The average Bonchev–Trinajstić information content (AvgIpc) is 2.73. The number of hydrogen-bond acceptors (Lipinski definition) is 4. The lowest BCUT2D eigenvalue weighted by atomic mass is 9.91. The van der Waals surface area contributed by atoms with Crippen LogP contribution < -0.4 is 4.74 Å². The zero-order valence-electron chi connectivity index (χ0n) is 16.8. The van der Waals surface area contributed by atoms with Gasteiger partial charge >= 0.3 is 0 Å². The summed E-state index contributed by atoms with van der Waals surface area (Å²) >= 11 is 0. The van der Waals surface area contributed by atoms with Crippen molar-refractivity contribution >= 4 is 0 Å². The third-order valence-corrected chi connectivity index (χ3v) is 5.88. The van der Waals surface area contributed by atoms with E-state index in [2.05, 4.69) is 43.3 Å². The topological polar surface area (TPSA) is 47.9 Å². The summed E-state index contributed by atoms with van der Waals surface area (Å²) in [4.78, 5) is 0. The number of aliphatic hydroxyl groups excluding tert-OH is 1. The van der Waals surface area contributed by atoms with E-state index < -0.39 is 6.10 Å². The van der Waals surface area contributed by atoms with E-state index in [0.717, 1.165) is 43.6 Å². The quantitative estimate of drug-likeness (QED) is 0.835. The fourth-order valence-electron chi connectivity index (χ4n) is 4.33. The van der Waals surface area contributed by atoms with Gasteiger partial charge in [0, 0.05) is 20.0 Å². The maximum atomic E-state index is 10.2. The average molecular weight is 383 g/mol. The molecule has 1 fully saturated rings. The van der Waals surface area contributed by atoms with Crippen LogP contribution in [0.15, 0.2) is 36.4 Å². The fourth-order valence-corrected chi connectivity index (χ4v) is 4.33. The van der Waals surface area contributed by atoms with Crippen molar-refractivity contribution in [3.05, 3.63) is 64.2 Å². The molecular formula is C24H30O4. The first-order valence-corrected chi connectivity index (χ1v) is 10.4. The van der Waals surface area contributed by atoms with Gasteiger partial charge in [0.2, 0.25) is 0 Å². The molecule has 0 bridgehead atoms. The molecular weight excluding hydrogens is 352 g/mol. The minimum atomic E-state index is -0.390. The number of methoxy groups -OCH3 is 1. The molecule has 1 saturated heterocycles. The van der Waals surface area contributed by atoms with Gasteiger partial charge in [-0.2, -0.15) is 0 Å². The van der Waals surface area contributed by atoms with E-state index in [-0.39, 0.29) is 12.4 Å². The molecule has 0 aliphatic carbocycles. The van der Waals surface area contributed by atoms with Crippen LogP contribution in [0, 0.1) is 0 Å². The Balaban J connectivity index is 1.59. The van der Waals surface area contributed by atoms with E-state index >= 15 is 0 Å². The van der Waals surface area contributed by atoms with Crippen molar-refractivity contribution in [2.75, 3.05) is 13.7 Å². The van der Waals surface area contributed by atoms with Gasteiger partial charge < -0.3 is 19.3 Å². The van der Waals surface area contributed by atoms with Gasteiger partial charge in [0.25, 0.3) is 0 Å². The molecule has 2 aliphatic heterocycles. The van der Waals surface area contributed by atoms with Crippen molar-refractivity contribution in [1.29, 1.82) is 0 Å². The van der Waals surface area contributed by atoms with Gasteiger partial charge in [-0.1, -0.05) is 37.3 Å². The van der Waals surface area contributed by atoms with Crippen LogP contribution in [0.1, 0.15) is 60.1 Å². The van der Waals surface area contributed by atoms with Gasteiger partial charge in [-0.05, 0) is 59.6 Å². The molecule has 0 aromatic heterocycles. The summed E-state index contributed by atoms with van der Waals surface area (Å²) in [6, 6.07) is 13.2. The van der Waals surface area contributed by atoms with Crippen LogP contribution in [-0.4, -0.2) is 31.2 Å². The molecule has 0 spiro atoms. The SMILES string of the molecule is CCc1ccc(C2CC(O)CC(OC)O2)cc1Cc1ccc2c(c1)CCCO2. The molecule has 28 heavy (non-hydrogen) atoms. The molecule has 0 amide bonds. The van der Waals surface area contributed by atoms with Crippen LogP contribution in [0.5, 0.6) is 5.75 Å². The lowest BCUT2D eigenvalue weighted by Crippen LogP contribution is -2.32. The second kappa shape index (κ2) is 8.64. The molecule has 2 aromatic rings. The number of fused-ring (bicyclic) bond motifs is 1. The fraction of sp³-hybridized carbons (Fsp3) is 0.500. The highest BCUT2D eigenvalue weighted by atomic mass is 16.7. The standard InChI is InChI=1S/C24H30O4/c1-3-17-7-8-19(23-14-21(25)15-24(26-2)28-23)13-20(17)12-16-6-9-22-18(11-16)5-4-10-27-22/h6-9,11,13,21,23-25H,3-5,10,12,14-15H2,1-2H3. The lowest BCUT2D eigenvalue weighted by Gasteiger charge is -2.32. The van der Waals surface area contributed by atoms with Crippen molar-refractivity contribution in [2.24, 2.45) is 0 Å². The molecule has 150 valence electrons. The zero-order chi connectivity index (χ0) is 19.5. The summed E-state index contributed by atoms with van der Waals surface area (Å²) in [5, 5.41) is 10.2. The molecule has 0 radical (unpaired) electrons. The first kappa shape index (κ1) is 19.4. The van der Waals surface area contributed by atoms with Crippen molar-refractivity contribution in [3.8, 4) is 5.75 Å². The van der Waals surface area contributed by atoms with Crippen molar-refractivity contribution < 1.29 is 19.3 Å². The van der Waals surface area contributed by atoms with Crippen molar-refractivity contribution in [1.82, 2.24) is 0 Å². The third-order valence-electron chi connectivity index (χ3n) is 5.88. The van der Waals surface area contributed by atoms with Crippen LogP contribution in [0.4, 0.5) is 0 Å². The predicted molar refractivity (Wildman–Crippen MR) is 109 cm³/mol. The Morgan fingerprint density at radius 3 is 2.82 bits per heavy atom. The summed E-state index contributed by atoms with van der Waals surface area (Å²) in [5.41, 5.74) is 6.44. The predicted octanol–water partition coefficient (Wildman–Crippen LogP) is 4.35. The number of rotatable bonds is 5. The van der Waals surface area contributed by atoms with Crippen LogP contribution in [0.3, 0.4) is 0 Å². The van der Waals surface area contributed by atoms with E-state index in [1.165, 1.54) is 22.3 Å². The molecule has 2 aromatic carbocycles. The highest BCUT2D eigenvalue weighted by molar-refractivity contribution is 5.42. The minimum Gasteiger partial charge on any atom is -0.493 e. The normalized spacial score (nSPS) is 24.5. The van der Waals surface area contributed by atoms with Crippen LogP contribution >= 0.6 is 0 Å². The van der Waals surface area contributed by atoms with Gasteiger partial charge in [-0.3, -0.25) is 0 Å². The van der Waals surface area contributed by atoms with Gasteiger partial charge in [-0.15, -0.1) is 0 Å². The summed E-state index contributed by atoms with van der Waals surface area (Å²) in [7, 11) is 1.63. The van der Waals surface area contributed by atoms with Crippen LogP contribution in [0.25, 0.3) is 0 Å².